The number of ether oxygens (including phenoxy) is 3. The number of carbonyl (C=O) groups excluding carboxylic acids is 1. The first-order chi connectivity index (χ1) is 15.0. The molecule has 7 nitrogen and oxygen atoms in total. The number of nitrogens with zero attached hydrogens (tertiary/aromatic N) is 1. The van der Waals surface area contributed by atoms with Gasteiger partial charge in [-0.2, -0.15) is 5.10 Å². The predicted octanol–water partition coefficient (Wildman–Crippen LogP) is 4.40. The molecule has 0 bridgehead atoms. The lowest BCUT2D eigenvalue weighted by molar-refractivity contribution is 0.102. The number of fused-ring (bicyclic) bond motifs is 2. The first-order valence-electron chi connectivity index (χ1n) is 9.32. The van der Waals surface area contributed by atoms with E-state index < -0.39 is 11.6 Å². The van der Waals surface area contributed by atoms with E-state index in [1.807, 2.05) is 0 Å². The second-order valence-electron chi connectivity index (χ2n) is 6.87. The standard InChI is InChI=1S/C22H15F2N3O4/c23-14-5-12(6-15(24)8-14)10-29-16-2-3-17-18(9-16)26-27-21(17)25-22(28)13-1-4-19-20(7-13)31-11-30-19/h1-9H,10-11H2,(H2,25,26,27,28). The van der Waals surface area contributed by atoms with E-state index in [0.717, 1.165) is 6.07 Å². The molecule has 0 radical (unpaired) electrons. The van der Waals surface area contributed by atoms with E-state index in [-0.39, 0.29) is 19.3 Å². The highest BCUT2D eigenvalue weighted by Crippen LogP contribution is 2.33. The molecule has 5 rings (SSSR count). The lowest BCUT2D eigenvalue weighted by Gasteiger charge is -2.07. The van der Waals surface area contributed by atoms with Crippen molar-refractivity contribution in [3.8, 4) is 17.2 Å². The first kappa shape index (κ1) is 18.9. The van der Waals surface area contributed by atoms with Crippen LogP contribution in [0.5, 0.6) is 17.2 Å². The molecule has 0 atom stereocenters. The van der Waals surface area contributed by atoms with Crippen molar-refractivity contribution < 1.29 is 27.8 Å². The molecule has 1 amide bonds. The zero-order chi connectivity index (χ0) is 21.4. The van der Waals surface area contributed by atoms with Crippen molar-refractivity contribution in [2.45, 2.75) is 6.61 Å². The van der Waals surface area contributed by atoms with Crippen molar-refractivity contribution in [1.29, 1.82) is 0 Å². The van der Waals surface area contributed by atoms with Crippen molar-refractivity contribution >= 4 is 22.6 Å². The topological polar surface area (TPSA) is 85.5 Å². The maximum absolute atomic E-state index is 13.3. The molecule has 156 valence electrons. The van der Waals surface area contributed by atoms with Crippen LogP contribution in [0, 0.1) is 11.6 Å². The van der Waals surface area contributed by atoms with Crippen molar-refractivity contribution in [2.24, 2.45) is 0 Å². The molecule has 0 spiro atoms. The van der Waals surface area contributed by atoms with Gasteiger partial charge in [-0.05, 0) is 48.0 Å². The van der Waals surface area contributed by atoms with Gasteiger partial charge in [-0.15, -0.1) is 0 Å². The minimum atomic E-state index is -0.662. The average molecular weight is 423 g/mol. The van der Waals surface area contributed by atoms with Crippen LogP contribution in [0.25, 0.3) is 10.9 Å². The monoisotopic (exact) mass is 423 g/mol. The third-order valence-corrected chi connectivity index (χ3v) is 4.73. The first-order valence-corrected chi connectivity index (χ1v) is 9.32. The van der Waals surface area contributed by atoms with Gasteiger partial charge in [-0.25, -0.2) is 8.78 Å². The van der Waals surface area contributed by atoms with Crippen LogP contribution in [0.15, 0.2) is 54.6 Å². The number of benzene rings is 3. The van der Waals surface area contributed by atoms with Gasteiger partial charge in [0.25, 0.3) is 5.91 Å². The Balaban J connectivity index is 1.30. The molecule has 2 N–H and O–H groups in total. The van der Waals surface area contributed by atoms with Crippen LogP contribution in [-0.4, -0.2) is 22.9 Å². The third-order valence-electron chi connectivity index (χ3n) is 4.73. The molecular weight excluding hydrogens is 408 g/mol. The third kappa shape index (κ3) is 3.85. The molecule has 1 aromatic heterocycles. The number of amides is 1. The van der Waals surface area contributed by atoms with Gasteiger partial charge in [0.1, 0.15) is 24.0 Å². The summed E-state index contributed by atoms with van der Waals surface area (Å²) in [6.45, 7) is 0.130. The van der Waals surface area contributed by atoms with Crippen molar-refractivity contribution in [3.63, 3.8) is 0 Å². The van der Waals surface area contributed by atoms with Gasteiger partial charge in [-0.1, -0.05) is 0 Å². The van der Waals surface area contributed by atoms with Gasteiger partial charge in [0, 0.05) is 23.1 Å². The van der Waals surface area contributed by atoms with E-state index in [9.17, 15) is 13.6 Å². The number of nitrogens with one attached hydrogen (secondary N) is 2. The summed E-state index contributed by atoms with van der Waals surface area (Å²) in [5.74, 6) is 0.275. The number of hydrogen-bond acceptors (Lipinski definition) is 5. The van der Waals surface area contributed by atoms with Gasteiger partial charge in [-0.3, -0.25) is 9.89 Å². The van der Waals surface area contributed by atoms with Crippen LogP contribution in [0.4, 0.5) is 14.6 Å². The van der Waals surface area contributed by atoms with Crippen LogP contribution >= 0.6 is 0 Å². The van der Waals surface area contributed by atoms with Gasteiger partial charge in [0.15, 0.2) is 17.3 Å². The van der Waals surface area contributed by atoms with Crippen molar-refractivity contribution in [1.82, 2.24) is 10.2 Å². The van der Waals surface area contributed by atoms with Crippen LogP contribution in [0.3, 0.4) is 0 Å². The second kappa shape index (κ2) is 7.60. The Bertz CT molecular complexity index is 1290. The van der Waals surface area contributed by atoms with E-state index in [0.29, 0.717) is 45.1 Å². The molecule has 1 aliphatic rings. The summed E-state index contributed by atoms with van der Waals surface area (Å²) in [4.78, 5) is 12.6. The molecule has 2 heterocycles. The fourth-order valence-electron chi connectivity index (χ4n) is 3.26. The highest BCUT2D eigenvalue weighted by molar-refractivity contribution is 6.08. The number of aromatic nitrogens is 2. The normalized spacial score (nSPS) is 12.2. The molecule has 0 aliphatic carbocycles. The highest BCUT2D eigenvalue weighted by Gasteiger charge is 2.17. The van der Waals surface area contributed by atoms with Crippen molar-refractivity contribution in [3.05, 3.63) is 77.4 Å². The summed E-state index contributed by atoms with van der Waals surface area (Å²) < 4.78 is 42.8. The predicted molar refractivity (Wildman–Crippen MR) is 107 cm³/mol. The summed E-state index contributed by atoms with van der Waals surface area (Å²) in [5.41, 5.74) is 1.41. The number of carbonyl (C=O) groups is 1. The molecule has 0 saturated heterocycles. The quantitative estimate of drug-likeness (QED) is 0.497. The van der Waals surface area contributed by atoms with E-state index >= 15 is 0 Å². The minimum Gasteiger partial charge on any atom is -0.489 e. The number of anilines is 1. The van der Waals surface area contributed by atoms with Gasteiger partial charge < -0.3 is 19.5 Å². The van der Waals surface area contributed by atoms with E-state index in [2.05, 4.69) is 15.5 Å². The zero-order valence-electron chi connectivity index (χ0n) is 15.9. The van der Waals surface area contributed by atoms with Crippen LogP contribution in [0.1, 0.15) is 15.9 Å². The van der Waals surface area contributed by atoms with Gasteiger partial charge >= 0.3 is 0 Å². The fourth-order valence-corrected chi connectivity index (χ4v) is 3.26. The second-order valence-corrected chi connectivity index (χ2v) is 6.87. The Morgan fingerprint density at radius 2 is 1.84 bits per heavy atom. The van der Waals surface area contributed by atoms with E-state index in [1.165, 1.54) is 12.1 Å². The molecule has 0 unspecified atom stereocenters. The SMILES string of the molecule is O=C(Nc1n[nH]c2cc(OCc3cc(F)cc(F)c3)ccc12)c1ccc2c(c1)OCO2. The minimum absolute atomic E-state index is 0.00201. The smallest absolute Gasteiger partial charge is 0.257 e. The summed E-state index contributed by atoms with van der Waals surface area (Å²) in [6.07, 6.45) is 0. The number of halogens is 2. The number of hydrogen-bond donors (Lipinski definition) is 2. The average Bonchev–Trinajstić information content (AvgIpc) is 3.37. The van der Waals surface area contributed by atoms with E-state index in [1.54, 1.807) is 36.4 Å². The maximum Gasteiger partial charge on any atom is 0.257 e. The number of aromatic amines is 1. The molecule has 1 aliphatic heterocycles. The summed E-state index contributed by atoms with van der Waals surface area (Å²) >= 11 is 0. The van der Waals surface area contributed by atoms with Crippen LogP contribution in [0.2, 0.25) is 0 Å². The molecule has 31 heavy (non-hydrogen) atoms. The zero-order valence-corrected chi connectivity index (χ0v) is 15.9. The summed E-state index contributed by atoms with van der Waals surface area (Å²) in [6, 6.07) is 13.2. The van der Waals surface area contributed by atoms with E-state index in [4.69, 9.17) is 14.2 Å². The van der Waals surface area contributed by atoms with Gasteiger partial charge in [0.2, 0.25) is 6.79 Å². The largest absolute Gasteiger partial charge is 0.489 e. The Morgan fingerprint density at radius 1 is 1.03 bits per heavy atom. The molecule has 0 saturated carbocycles. The van der Waals surface area contributed by atoms with Gasteiger partial charge in [0.05, 0.1) is 5.52 Å². The number of rotatable bonds is 5. The number of H-pyrrole nitrogens is 1. The molecule has 0 fully saturated rings. The molecule has 3 aromatic carbocycles. The summed E-state index contributed by atoms with van der Waals surface area (Å²) in [7, 11) is 0. The molecule has 9 heteroatoms. The van der Waals surface area contributed by atoms with Crippen LogP contribution in [-0.2, 0) is 6.61 Å². The Labute approximate surface area is 174 Å². The lowest BCUT2D eigenvalue weighted by Crippen LogP contribution is -2.12. The Morgan fingerprint density at radius 3 is 2.68 bits per heavy atom. The maximum atomic E-state index is 13.3. The lowest BCUT2D eigenvalue weighted by atomic mass is 10.2. The van der Waals surface area contributed by atoms with Crippen molar-refractivity contribution in [2.75, 3.05) is 12.1 Å². The van der Waals surface area contributed by atoms with Crippen LogP contribution < -0.4 is 19.5 Å². The Kier molecular flexibility index (Phi) is 4.62. The fraction of sp³-hybridized carbons (Fsp3) is 0.0909. The molecule has 4 aromatic rings. The molecular formula is C22H15F2N3O4. The Hall–Kier alpha value is -4.14. The summed E-state index contributed by atoms with van der Waals surface area (Å²) in [5, 5.41) is 10.4. The highest BCUT2D eigenvalue weighted by atomic mass is 19.1.